The van der Waals surface area contributed by atoms with Gasteiger partial charge in [-0.3, -0.25) is 9.59 Å². The van der Waals surface area contributed by atoms with E-state index in [9.17, 15) is 9.59 Å². The minimum atomic E-state index is -0.580. The van der Waals surface area contributed by atoms with E-state index < -0.39 is 6.04 Å². The summed E-state index contributed by atoms with van der Waals surface area (Å²) in [5.74, 6) is -0.249. The summed E-state index contributed by atoms with van der Waals surface area (Å²) in [5, 5.41) is 5.83. The van der Waals surface area contributed by atoms with Gasteiger partial charge < -0.3 is 16.4 Å². The van der Waals surface area contributed by atoms with E-state index in [0.29, 0.717) is 22.8 Å². The second kappa shape index (κ2) is 5.81. The normalized spacial score (nSPS) is 16.3. The van der Waals surface area contributed by atoms with Crippen LogP contribution in [0.5, 0.6) is 0 Å². The molecule has 20 heavy (non-hydrogen) atoms. The molecule has 1 aliphatic rings. The first-order valence-electron chi connectivity index (χ1n) is 6.61. The zero-order valence-corrected chi connectivity index (χ0v) is 12.3. The minimum Gasteiger partial charge on any atom is -0.325 e. The van der Waals surface area contributed by atoms with E-state index in [0.717, 1.165) is 12.0 Å². The van der Waals surface area contributed by atoms with Crippen LogP contribution in [0.3, 0.4) is 0 Å². The van der Waals surface area contributed by atoms with Gasteiger partial charge in [-0.25, -0.2) is 0 Å². The zero-order chi connectivity index (χ0) is 14.9. The van der Waals surface area contributed by atoms with Crippen molar-refractivity contribution >= 4 is 34.8 Å². The van der Waals surface area contributed by atoms with Crippen LogP contribution in [-0.4, -0.2) is 17.9 Å². The molecule has 0 aromatic heterocycles. The molecule has 0 saturated heterocycles. The summed E-state index contributed by atoms with van der Waals surface area (Å²) in [6, 6.07) is 2.78. The first-order valence-corrected chi connectivity index (χ1v) is 6.99. The summed E-state index contributed by atoms with van der Waals surface area (Å²) in [5.41, 5.74) is 7.90. The van der Waals surface area contributed by atoms with Crippen molar-refractivity contribution in [2.75, 3.05) is 10.6 Å². The molecule has 1 aromatic rings. The Balaban J connectivity index is 2.16. The smallest absolute Gasteiger partial charge is 0.241 e. The summed E-state index contributed by atoms with van der Waals surface area (Å²) in [6.07, 6.45) is 1.12. The number of hydrogen-bond acceptors (Lipinski definition) is 3. The third-order valence-corrected chi connectivity index (χ3v) is 3.95. The quantitative estimate of drug-likeness (QED) is 0.796. The standard InChI is InChI=1S/C14H18ClN3O2/c1-3-7(2)13(16)14(20)18-11-4-8-5-12(19)17-10(8)6-9(11)15/h4,6-7,13H,3,5,16H2,1-2H3,(H,17,19)(H,18,20)/t7?,13-/m0/s1. The number of carbonyl (C=O) groups is 2. The van der Waals surface area contributed by atoms with Gasteiger partial charge in [-0.2, -0.15) is 0 Å². The third-order valence-electron chi connectivity index (χ3n) is 3.64. The van der Waals surface area contributed by atoms with Crippen molar-refractivity contribution < 1.29 is 9.59 Å². The van der Waals surface area contributed by atoms with Crippen LogP contribution >= 0.6 is 11.6 Å². The summed E-state index contributed by atoms with van der Waals surface area (Å²) in [7, 11) is 0. The fourth-order valence-corrected chi connectivity index (χ4v) is 2.28. The maximum atomic E-state index is 12.1. The number of nitrogens with one attached hydrogen (secondary N) is 2. The lowest BCUT2D eigenvalue weighted by molar-refractivity contribution is -0.118. The van der Waals surface area contributed by atoms with Crippen molar-refractivity contribution in [3.05, 3.63) is 22.7 Å². The maximum absolute atomic E-state index is 12.1. The van der Waals surface area contributed by atoms with Gasteiger partial charge in [0.2, 0.25) is 11.8 Å². The predicted octanol–water partition coefficient (Wildman–Crippen LogP) is 2.15. The highest BCUT2D eigenvalue weighted by atomic mass is 35.5. The topological polar surface area (TPSA) is 84.2 Å². The van der Waals surface area contributed by atoms with Crippen molar-refractivity contribution in [3.8, 4) is 0 Å². The Bertz CT molecular complexity index is 560. The lowest BCUT2D eigenvalue weighted by Crippen LogP contribution is -2.40. The fourth-order valence-electron chi connectivity index (χ4n) is 2.07. The van der Waals surface area contributed by atoms with E-state index >= 15 is 0 Å². The van der Waals surface area contributed by atoms with Gasteiger partial charge in [0.05, 0.1) is 23.2 Å². The van der Waals surface area contributed by atoms with Crippen molar-refractivity contribution in [2.45, 2.75) is 32.7 Å². The number of amides is 2. The molecule has 0 radical (unpaired) electrons. The lowest BCUT2D eigenvalue weighted by Gasteiger charge is -2.18. The van der Waals surface area contributed by atoms with Gasteiger partial charge in [-0.1, -0.05) is 31.9 Å². The van der Waals surface area contributed by atoms with Gasteiger partial charge in [0, 0.05) is 5.69 Å². The molecule has 0 bridgehead atoms. The first kappa shape index (κ1) is 14.8. The highest BCUT2D eigenvalue weighted by Gasteiger charge is 2.23. The molecule has 6 heteroatoms. The molecule has 2 rings (SSSR count). The Morgan fingerprint density at radius 3 is 2.90 bits per heavy atom. The Morgan fingerprint density at radius 2 is 2.25 bits per heavy atom. The Kier molecular flexibility index (Phi) is 4.30. The van der Waals surface area contributed by atoms with Crippen molar-refractivity contribution in [3.63, 3.8) is 0 Å². The summed E-state index contributed by atoms with van der Waals surface area (Å²) < 4.78 is 0. The van der Waals surface area contributed by atoms with Crippen LogP contribution in [0.4, 0.5) is 11.4 Å². The van der Waals surface area contributed by atoms with E-state index in [1.54, 1.807) is 12.1 Å². The Hall–Kier alpha value is -1.59. The highest BCUT2D eigenvalue weighted by molar-refractivity contribution is 6.34. The molecule has 0 spiro atoms. The number of nitrogens with two attached hydrogens (primary N) is 1. The molecule has 2 atom stereocenters. The van der Waals surface area contributed by atoms with Gasteiger partial charge in [0.25, 0.3) is 0 Å². The molecule has 0 saturated carbocycles. The first-order chi connectivity index (χ1) is 9.42. The average Bonchev–Trinajstić information content (AvgIpc) is 2.76. The van der Waals surface area contributed by atoms with Gasteiger partial charge in [-0.15, -0.1) is 0 Å². The lowest BCUT2D eigenvalue weighted by atomic mass is 9.99. The van der Waals surface area contributed by atoms with Crippen LogP contribution in [0.1, 0.15) is 25.8 Å². The molecular formula is C14H18ClN3O2. The molecule has 0 aliphatic carbocycles. The number of hydrogen-bond donors (Lipinski definition) is 3. The number of halogens is 1. The van der Waals surface area contributed by atoms with Gasteiger partial charge >= 0.3 is 0 Å². The second-order valence-electron chi connectivity index (χ2n) is 5.11. The molecular weight excluding hydrogens is 278 g/mol. The van der Waals surface area contributed by atoms with Crippen LogP contribution in [0, 0.1) is 5.92 Å². The number of carbonyl (C=O) groups excluding carboxylic acids is 2. The molecule has 5 nitrogen and oxygen atoms in total. The molecule has 0 fully saturated rings. The van der Waals surface area contributed by atoms with Gasteiger partial charge in [-0.05, 0) is 23.6 Å². The highest BCUT2D eigenvalue weighted by Crippen LogP contribution is 2.33. The fraction of sp³-hybridized carbons (Fsp3) is 0.429. The second-order valence-corrected chi connectivity index (χ2v) is 5.52. The average molecular weight is 296 g/mol. The number of benzene rings is 1. The van der Waals surface area contributed by atoms with Gasteiger partial charge in [0.1, 0.15) is 0 Å². The SMILES string of the molecule is CCC(C)[C@H](N)C(=O)Nc1cc2c(cc1Cl)NC(=O)C2. The van der Waals surface area contributed by atoms with Crippen LogP contribution in [0.15, 0.2) is 12.1 Å². The molecule has 1 aromatic carbocycles. The van der Waals surface area contributed by atoms with E-state index in [-0.39, 0.29) is 17.7 Å². The maximum Gasteiger partial charge on any atom is 0.241 e. The Labute approximate surface area is 122 Å². The minimum absolute atomic E-state index is 0.0733. The molecule has 2 amide bonds. The summed E-state index contributed by atoms with van der Waals surface area (Å²) in [6.45, 7) is 3.91. The molecule has 4 N–H and O–H groups in total. The third kappa shape index (κ3) is 2.94. The van der Waals surface area contributed by atoms with Crippen molar-refractivity contribution in [1.82, 2.24) is 0 Å². The van der Waals surface area contributed by atoms with Gasteiger partial charge in [0.15, 0.2) is 0 Å². The van der Waals surface area contributed by atoms with Crippen molar-refractivity contribution in [1.29, 1.82) is 0 Å². The van der Waals surface area contributed by atoms with Crippen LogP contribution in [-0.2, 0) is 16.0 Å². The van der Waals surface area contributed by atoms with Crippen LogP contribution < -0.4 is 16.4 Å². The summed E-state index contributed by atoms with van der Waals surface area (Å²) in [4.78, 5) is 23.4. The van der Waals surface area contributed by atoms with Crippen molar-refractivity contribution in [2.24, 2.45) is 11.7 Å². The summed E-state index contributed by atoms with van der Waals surface area (Å²) >= 11 is 6.11. The monoisotopic (exact) mass is 295 g/mol. The number of rotatable bonds is 4. The number of anilines is 2. The zero-order valence-electron chi connectivity index (χ0n) is 11.5. The van der Waals surface area contributed by atoms with E-state index in [1.165, 1.54) is 0 Å². The number of fused-ring (bicyclic) bond motifs is 1. The molecule has 1 aliphatic heterocycles. The van der Waals surface area contributed by atoms with Crippen LogP contribution in [0.25, 0.3) is 0 Å². The Morgan fingerprint density at radius 1 is 1.55 bits per heavy atom. The molecule has 1 unspecified atom stereocenters. The molecule has 1 heterocycles. The van der Waals surface area contributed by atoms with E-state index in [4.69, 9.17) is 17.3 Å². The van der Waals surface area contributed by atoms with E-state index in [2.05, 4.69) is 10.6 Å². The largest absolute Gasteiger partial charge is 0.325 e. The predicted molar refractivity (Wildman–Crippen MR) is 79.8 cm³/mol. The van der Waals surface area contributed by atoms with Crippen LogP contribution in [0.2, 0.25) is 5.02 Å². The van der Waals surface area contributed by atoms with E-state index in [1.807, 2.05) is 13.8 Å². The molecule has 108 valence electrons.